The Labute approximate surface area is 142 Å². The minimum absolute atomic E-state index is 0.00583. The third-order valence-corrected chi connectivity index (χ3v) is 5.51. The van der Waals surface area contributed by atoms with E-state index in [1.165, 1.54) is 6.07 Å². The molecule has 0 unspecified atom stereocenters. The van der Waals surface area contributed by atoms with Crippen molar-refractivity contribution in [3.05, 3.63) is 24.0 Å². The number of nitrogens with one attached hydrogen (secondary N) is 2. The fourth-order valence-corrected chi connectivity index (χ4v) is 3.83. The molecule has 0 aliphatic carbocycles. The van der Waals surface area contributed by atoms with E-state index in [0.29, 0.717) is 0 Å². The van der Waals surface area contributed by atoms with Gasteiger partial charge in [0.2, 0.25) is 5.96 Å². The zero-order valence-corrected chi connectivity index (χ0v) is 13.8. The van der Waals surface area contributed by atoms with E-state index < -0.39 is 27.6 Å². The summed E-state index contributed by atoms with van der Waals surface area (Å²) in [6.45, 7) is -0.0972. The molecule has 136 valence electrons. The van der Waals surface area contributed by atoms with E-state index >= 15 is 0 Å². The number of likely N-dealkylation sites (tertiary alicyclic amines) is 1. The molecule has 0 bridgehead atoms. The zero-order chi connectivity index (χ0) is 18.2. The number of nitrogens with zero attached hydrogens (tertiary/aromatic N) is 2. The van der Waals surface area contributed by atoms with Gasteiger partial charge in [0.05, 0.1) is 12.2 Å². The standard InChI is InChI=1S/C14H16F2N4O4S/c15-9-1-2-10-11(7-9)25(23,24)19-12(18-10)17-8-14(16)3-5-20(6-4-14)13(21)22/h1-2,7H,3-6,8H2,(H,21,22)(H2,17,18,19). The fourth-order valence-electron chi connectivity index (χ4n) is 2.73. The quantitative estimate of drug-likeness (QED) is 0.721. The molecular formula is C14H16F2N4O4S. The lowest BCUT2D eigenvalue weighted by molar-refractivity contribution is 0.0601. The molecular weight excluding hydrogens is 358 g/mol. The van der Waals surface area contributed by atoms with Gasteiger partial charge < -0.3 is 20.6 Å². The molecule has 1 fully saturated rings. The predicted octanol–water partition coefficient (Wildman–Crippen LogP) is 1.37. The Morgan fingerprint density at radius 1 is 1.40 bits per heavy atom. The maximum Gasteiger partial charge on any atom is 0.407 e. The van der Waals surface area contributed by atoms with Crippen molar-refractivity contribution in [2.75, 3.05) is 25.0 Å². The average molecular weight is 374 g/mol. The van der Waals surface area contributed by atoms with Gasteiger partial charge in [-0.25, -0.2) is 13.6 Å². The zero-order valence-electron chi connectivity index (χ0n) is 13.0. The molecule has 11 heteroatoms. The SMILES string of the molecule is O=C(O)N1CCC(F)(CNC2=NS(=O)(=O)c3cc(F)ccc3N2)CC1. The highest BCUT2D eigenvalue weighted by Gasteiger charge is 2.36. The van der Waals surface area contributed by atoms with Crippen LogP contribution in [-0.2, 0) is 10.0 Å². The molecule has 1 aromatic rings. The van der Waals surface area contributed by atoms with Gasteiger partial charge in [-0.3, -0.25) is 0 Å². The Hall–Kier alpha value is -2.43. The molecule has 1 saturated heterocycles. The average Bonchev–Trinajstić information content (AvgIpc) is 2.54. The van der Waals surface area contributed by atoms with Crippen LogP contribution in [0.25, 0.3) is 0 Å². The number of piperidine rings is 1. The second kappa shape index (κ2) is 6.14. The number of anilines is 1. The van der Waals surface area contributed by atoms with Gasteiger partial charge >= 0.3 is 6.09 Å². The summed E-state index contributed by atoms with van der Waals surface area (Å²) in [7, 11) is -4.09. The normalized spacial score (nSPS) is 20.9. The Balaban J connectivity index is 1.68. The number of benzene rings is 1. The summed E-state index contributed by atoms with van der Waals surface area (Å²) in [6, 6.07) is 3.22. The highest BCUT2D eigenvalue weighted by Crippen LogP contribution is 2.29. The van der Waals surface area contributed by atoms with Crippen LogP contribution in [0.5, 0.6) is 0 Å². The molecule has 3 rings (SSSR count). The Morgan fingerprint density at radius 3 is 2.72 bits per heavy atom. The van der Waals surface area contributed by atoms with E-state index in [4.69, 9.17) is 5.11 Å². The Kier molecular flexibility index (Phi) is 4.27. The summed E-state index contributed by atoms with van der Waals surface area (Å²) in [5.74, 6) is -0.861. The predicted molar refractivity (Wildman–Crippen MR) is 85.3 cm³/mol. The van der Waals surface area contributed by atoms with Crippen LogP contribution < -0.4 is 10.6 Å². The molecule has 1 amide bonds. The summed E-state index contributed by atoms with van der Waals surface area (Å²) in [5.41, 5.74) is -1.53. The molecule has 0 aromatic heterocycles. The van der Waals surface area contributed by atoms with Crippen LogP contribution >= 0.6 is 0 Å². The van der Waals surface area contributed by atoms with Crippen LogP contribution in [0.4, 0.5) is 19.3 Å². The van der Waals surface area contributed by atoms with Gasteiger partial charge in [0.15, 0.2) is 0 Å². The van der Waals surface area contributed by atoms with Crippen LogP contribution in [0.15, 0.2) is 27.5 Å². The monoisotopic (exact) mass is 374 g/mol. The van der Waals surface area contributed by atoms with Crippen LogP contribution in [0, 0.1) is 5.82 Å². The largest absolute Gasteiger partial charge is 0.465 e. The van der Waals surface area contributed by atoms with Gasteiger partial charge in [0.1, 0.15) is 16.4 Å². The number of sulfonamides is 1. The molecule has 3 N–H and O–H groups in total. The van der Waals surface area contributed by atoms with Gasteiger partial charge in [0.25, 0.3) is 10.0 Å². The van der Waals surface area contributed by atoms with E-state index in [9.17, 15) is 22.0 Å². The number of carbonyl (C=O) groups is 1. The summed E-state index contributed by atoms with van der Waals surface area (Å²) in [4.78, 5) is 11.7. The number of hydrogen-bond acceptors (Lipinski definition) is 5. The molecule has 0 saturated carbocycles. The fraction of sp³-hybridized carbons (Fsp3) is 0.429. The maximum atomic E-state index is 14.7. The number of carboxylic acid groups (broad SMARTS) is 1. The molecule has 25 heavy (non-hydrogen) atoms. The van der Waals surface area contributed by atoms with Crippen molar-refractivity contribution < 1.29 is 27.1 Å². The van der Waals surface area contributed by atoms with E-state index in [0.717, 1.165) is 17.0 Å². The minimum atomic E-state index is -4.09. The lowest BCUT2D eigenvalue weighted by Crippen LogP contribution is -2.50. The molecule has 2 heterocycles. The van der Waals surface area contributed by atoms with Gasteiger partial charge in [-0.2, -0.15) is 8.42 Å². The van der Waals surface area contributed by atoms with Crippen molar-refractivity contribution in [1.29, 1.82) is 0 Å². The number of hydrogen-bond donors (Lipinski definition) is 3. The van der Waals surface area contributed by atoms with Crippen molar-refractivity contribution in [3.63, 3.8) is 0 Å². The van der Waals surface area contributed by atoms with Crippen LogP contribution in [-0.4, -0.2) is 55.8 Å². The first-order chi connectivity index (χ1) is 11.7. The highest BCUT2D eigenvalue weighted by atomic mass is 32.2. The second-order valence-electron chi connectivity index (χ2n) is 5.95. The summed E-state index contributed by atoms with van der Waals surface area (Å²) < 4.78 is 55.6. The number of alkyl halides is 1. The minimum Gasteiger partial charge on any atom is -0.465 e. The van der Waals surface area contributed by atoms with Gasteiger partial charge in [0, 0.05) is 25.9 Å². The highest BCUT2D eigenvalue weighted by molar-refractivity contribution is 7.90. The third-order valence-electron chi connectivity index (χ3n) is 4.19. The Bertz CT molecular complexity index is 835. The van der Waals surface area contributed by atoms with Gasteiger partial charge in [-0.15, -0.1) is 4.40 Å². The Morgan fingerprint density at radius 2 is 2.08 bits per heavy atom. The topological polar surface area (TPSA) is 111 Å². The second-order valence-corrected chi connectivity index (χ2v) is 7.53. The molecule has 0 atom stereocenters. The summed E-state index contributed by atoms with van der Waals surface area (Å²) >= 11 is 0. The lowest BCUT2D eigenvalue weighted by atomic mass is 9.93. The summed E-state index contributed by atoms with van der Waals surface area (Å²) in [6.07, 6.45) is -1.11. The van der Waals surface area contributed by atoms with Crippen molar-refractivity contribution in [2.45, 2.75) is 23.4 Å². The number of amides is 1. The summed E-state index contributed by atoms with van der Waals surface area (Å²) in [5, 5.41) is 14.2. The van der Waals surface area contributed by atoms with Crippen LogP contribution in [0.3, 0.4) is 0 Å². The maximum absolute atomic E-state index is 14.7. The first-order valence-corrected chi connectivity index (χ1v) is 8.95. The van der Waals surface area contributed by atoms with Crippen LogP contribution in [0.2, 0.25) is 0 Å². The molecule has 0 spiro atoms. The number of guanidine groups is 1. The smallest absolute Gasteiger partial charge is 0.407 e. The third kappa shape index (κ3) is 3.65. The molecule has 0 radical (unpaired) electrons. The first-order valence-electron chi connectivity index (χ1n) is 7.51. The first kappa shape index (κ1) is 17.4. The van der Waals surface area contributed by atoms with Crippen molar-refractivity contribution in [2.24, 2.45) is 4.40 Å². The molecule has 2 aliphatic rings. The van der Waals surface area contributed by atoms with E-state index in [1.54, 1.807) is 0 Å². The van der Waals surface area contributed by atoms with E-state index in [-0.39, 0.29) is 49.0 Å². The molecule has 2 aliphatic heterocycles. The van der Waals surface area contributed by atoms with Crippen molar-refractivity contribution in [3.8, 4) is 0 Å². The van der Waals surface area contributed by atoms with Crippen molar-refractivity contribution in [1.82, 2.24) is 10.2 Å². The molecule has 1 aromatic carbocycles. The van der Waals surface area contributed by atoms with Crippen molar-refractivity contribution >= 4 is 27.8 Å². The van der Waals surface area contributed by atoms with Crippen LogP contribution in [0.1, 0.15) is 12.8 Å². The lowest BCUT2D eigenvalue weighted by Gasteiger charge is -2.35. The van der Waals surface area contributed by atoms with E-state index in [2.05, 4.69) is 15.0 Å². The number of fused-ring (bicyclic) bond motifs is 1. The number of rotatable bonds is 2. The van der Waals surface area contributed by atoms with Gasteiger partial charge in [-0.05, 0) is 18.2 Å². The van der Waals surface area contributed by atoms with E-state index in [1.807, 2.05) is 0 Å². The molecule has 8 nitrogen and oxygen atoms in total. The van der Waals surface area contributed by atoms with Gasteiger partial charge in [-0.1, -0.05) is 0 Å². The number of halogens is 2.